The summed E-state index contributed by atoms with van der Waals surface area (Å²) in [6, 6.07) is 0. The van der Waals surface area contributed by atoms with E-state index in [0.29, 0.717) is 19.3 Å². The molecule has 0 N–H and O–H groups in total. The molecular weight excluding hydrogens is 901 g/mol. The molecule has 0 radical (unpaired) electrons. The molecule has 0 heterocycles. The van der Waals surface area contributed by atoms with Crippen molar-refractivity contribution in [1.82, 2.24) is 0 Å². The van der Waals surface area contributed by atoms with Crippen molar-refractivity contribution in [1.29, 1.82) is 0 Å². The quantitative estimate of drug-likeness (QED) is 0.0261. The van der Waals surface area contributed by atoms with Crippen LogP contribution >= 0.6 is 0 Å². The summed E-state index contributed by atoms with van der Waals surface area (Å²) in [6.07, 6.45) is 74.3. The molecule has 0 aliphatic heterocycles. The molecule has 0 aromatic heterocycles. The lowest BCUT2D eigenvalue weighted by molar-refractivity contribution is -0.167. The summed E-state index contributed by atoms with van der Waals surface area (Å²) < 4.78 is 16.8. The normalized spacial score (nSPS) is 12.0. The van der Waals surface area contributed by atoms with Gasteiger partial charge in [-0.05, 0) is 44.9 Å². The number of hydrogen-bond donors (Lipinski definition) is 0. The van der Waals surface area contributed by atoms with Gasteiger partial charge in [-0.25, -0.2) is 0 Å². The Hall–Kier alpha value is -1.85. The molecule has 73 heavy (non-hydrogen) atoms. The van der Waals surface area contributed by atoms with Crippen molar-refractivity contribution in [2.75, 3.05) is 13.2 Å². The SMILES string of the molecule is CCCCCCCCCC/C=C\CCCCCCCCCCCCCCCCCCCC(=O)OCC(COC(=O)CCCCCCC)OC(=O)CCCCCCCCCCCCCCCCCCCCCCC. The summed E-state index contributed by atoms with van der Waals surface area (Å²) in [7, 11) is 0. The highest BCUT2D eigenvalue weighted by molar-refractivity contribution is 5.71. The number of unbranched alkanes of at least 4 members (excludes halogenated alkanes) is 49. The second-order valence-electron chi connectivity index (χ2n) is 22.7. The Morgan fingerprint density at radius 1 is 0.260 bits per heavy atom. The largest absolute Gasteiger partial charge is 0.462 e. The van der Waals surface area contributed by atoms with Gasteiger partial charge in [0.25, 0.3) is 0 Å². The zero-order valence-electron chi connectivity index (χ0n) is 49.7. The van der Waals surface area contributed by atoms with Crippen LogP contribution in [0.25, 0.3) is 0 Å². The molecule has 0 amide bonds. The van der Waals surface area contributed by atoms with Crippen LogP contribution in [-0.4, -0.2) is 37.2 Å². The lowest BCUT2D eigenvalue weighted by atomic mass is 10.0. The standard InChI is InChI=1S/C67H128O6/c1-4-7-10-13-15-17-19-21-23-25-27-29-30-31-32-33-34-35-36-38-39-41-43-45-47-49-51-54-57-60-66(69)72-63-64(62-71-65(68)59-56-53-12-9-6-3)73-67(70)61-58-55-52-50-48-46-44-42-40-37-28-26-24-22-20-18-16-14-11-8-5-2/h25,27,64H,4-24,26,28-63H2,1-3H3/b27-25-. The summed E-state index contributed by atoms with van der Waals surface area (Å²) in [6.45, 7) is 6.63. The van der Waals surface area contributed by atoms with E-state index in [9.17, 15) is 14.4 Å². The number of carbonyl (C=O) groups excluding carboxylic acids is 3. The minimum Gasteiger partial charge on any atom is -0.462 e. The first kappa shape index (κ1) is 71.2. The number of rotatable bonds is 62. The van der Waals surface area contributed by atoms with Crippen LogP contribution in [0.5, 0.6) is 0 Å². The molecule has 432 valence electrons. The summed E-state index contributed by atoms with van der Waals surface area (Å²) in [5.41, 5.74) is 0. The Bertz CT molecular complexity index is 1130. The molecule has 0 bridgehead atoms. The lowest BCUT2D eigenvalue weighted by Crippen LogP contribution is -2.30. The Labute approximate surface area is 456 Å². The van der Waals surface area contributed by atoms with Gasteiger partial charge in [-0.2, -0.15) is 0 Å². The molecule has 6 heteroatoms. The van der Waals surface area contributed by atoms with Crippen LogP contribution < -0.4 is 0 Å². The number of ether oxygens (including phenoxy) is 3. The fraction of sp³-hybridized carbons (Fsp3) is 0.925. The molecule has 0 spiro atoms. The molecule has 0 saturated carbocycles. The molecule has 0 saturated heterocycles. The number of allylic oxidation sites excluding steroid dienone is 2. The average molecular weight is 1030 g/mol. The van der Waals surface area contributed by atoms with Crippen LogP contribution in [0.4, 0.5) is 0 Å². The zero-order valence-corrected chi connectivity index (χ0v) is 49.7. The highest BCUT2D eigenvalue weighted by Crippen LogP contribution is 2.18. The summed E-state index contributed by atoms with van der Waals surface area (Å²) in [5.74, 6) is -0.850. The van der Waals surface area contributed by atoms with Gasteiger partial charge in [-0.3, -0.25) is 14.4 Å². The van der Waals surface area contributed by atoms with Crippen molar-refractivity contribution in [2.45, 2.75) is 386 Å². The van der Waals surface area contributed by atoms with Crippen molar-refractivity contribution >= 4 is 17.9 Å². The van der Waals surface area contributed by atoms with Crippen molar-refractivity contribution in [3.05, 3.63) is 12.2 Å². The predicted octanol–water partition coefficient (Wildman–Crippen LogP) is 22.4. The maximum atomic E-state index is 12.8. The van der Waals surface area contributed by atoms with Crippen LogP contribution in [0, 0.1) is 0 Å². The highest BCUT2D eigenvalue weighted by atomic mass is 16.6. The van der Waals surface area contributed by atoms with E-state index in [0.717, 1.165) is 64.2 Å². The Morgan fingerprint density at radius 2 is 0.452 bits per heavy atom. The van der Waals surface area contributed by atoms with E-state index >= 15 is 0 Å². The van der Waals surface area contributed by atoms with Crippen LogP contribution in [0.3, 0.4) is 0 Å². The number of esters is 3. The maximum Gasteiger partial charge on any atom is 0.306 e. The first-order valence-corrected chi connectivity index (χ1v) is 33.2. The van der Waals surface area contributed by atoms with Crippen LogP contribution in [-0.2, 0) is 28.6 Å². The smallest absolute Gasteiger partial charge is 0.306 e. The van der Waals surface area contributed by atoms with E-state index in [1.165, 1.54) is 276 Å². The van der Waals surface area contributed by atoms with E-state index in [2.05, 4.69) is 32.9 Å². The molecule has 1 atom stereocenters. The monoisotopic (exact) mass is 1030 g/mol. The first-order valence-electron chi connectivity index (χ1n) is 33.2. The third-order valence-corrected chi connectivity index (χ3v) is 15.3. The molecule has 0 aliphatic carbocycles. The van der Waals surface area contributed by atoms with Crippen LogP contribution in [0.2, 0.25) is 0 Å². The van der Waals surface area contributed by atoms with Crippen LogP contribution in [0.15, 0.2) is 12.2 Å². The number of hydrogen-bond acceptors (Lipinski definition) is 6. The van der Waals surface area contributed by atoms with Gasteiger partial charge in [0.1, 0.15) is 13.2 Å². The molecular formula is C67H128O6. The van der Waals surface area contributed by atoms with E-state index in [1.54, 1.807) is 0 Å². The Kier molecular flexibility index (Phi) is 61.1. The van der Waals surface area contributed by atoms with Crippen molar-refractivity contribution in [3.8, 4) is 0 Å². The van der Waals surface area contributed by atoms with Gasteiger partial charge in [0.05, 0.1) is 0 Å². The van der Waals surface area contributed by atoms with Crippen molar-refractivity contribution < 1.29 is 28.6 Å². The van der Waals surface area contributed by atoms with E-state index in [4.69, 9.17) is 14.2 Å². The summed E-state index contributed by atoms with van der Waals surface area (Å²) in [4.78, 5) is 37.9. The molecule has 0 aromatic rings. The third kappa shape index (κ3) is 60.9. The second kappa shape index (κ2) is 62.7. The zero-order chi connectivity index (χ0) is 52.9. The van der Waals surface area contributed by atoms with Gasteiger partial charge in [-0.1, -0.05) is 328 Å². The minimum absolute atomic E-state index is 0.0641. The van der Waals surface area contributed by atoms with Crippen molar-refractivity contribution in [3.63, 3.8) is 0 Å². The fourth-order valence-corrected chi connectivity index (χ4v) is 10.3. The van der Waals surface area contributed by atoms with E-state index in [1.807, 2.05) is 0 Å². The predicted molar refractivity (Wildman–Crippen MR) is 317 cm³/mol. The van der Waals surface area contributed by atoms with Crippen LogP contribution in [0.1, 0.15) is 380 Å². The van der Waals surface area contributed by atoms with Gasteiger partial charge in [0.2, 0.25) is 0 Å². The first-order chi connectivity index (χ1) is 36.0. The lowest BCUT2D eigenvalue weighted by Gasteiger charge is -2.18. The molecule has 0 aliphatic rings. The molecule has 0 rings (SSSR count). The molecule has 0 fully saturated rings. The molecule has 6 nitrogen and oxygen atoms in total. The Balaban J connectivity index is 3.93. The summed E-state index contributed by atoms with van der Waals surface area (Å²) >= 11 is 0. The third-order valence-electron chi connectivity index (χ3n) is 15.3. The van der Waals surface area contributed by atoms with Gasteiger partial charge in [0, 0.05) is 19.3 Å². The fourth-order valence-electron chi connectivity index (χ4n) is 10.3. The Morgan fingerprint density at radius 3 is 0.685 bits per heavy atom. The van der Waals surface area contributed by atoms with Crippen molar-refractivity contribution in [2.24, 2.45) is 0 Å². The topological polar surface area (TPSA) is 78.9 Å². The molecule has 1 unspecified atom stereocenters. The average Bonchev–Trinajstić information content (AvgIpc) is 3.39. The maximum absolute atomic E-state index is 12.8. The van der Waals surface area contributed by atoms with Gasteiger partial charge >= 0.3 is 17.9 Å². The van der Waals surface area contributed by atoms with Gasteiger partial charge < -0.3 is 14.2 Å². The number of carbonyl (C=O) groups is 3. The van der Waals surface area contributed by atoms with E-state index in [-0.39, 0.29) is 31.1 Å². The van der Waals surface area contributed by atoms with Gasteiger partial charge in [0.15, 0.2) is 6.10 Å². The second-order valence-corrected chi connectivity index (χ2v) is 22.7. The van der Waals surface area contributed by atoms with E-state index < -0.39 is 6.10 Å². The summed E-state index contributed by atoms with van der Waals surface area (Å²) in [5, 5.41) is 0. The highest BCUT2D eigenvalue weighted by Gasteiger charge is 2.19. The van der Waals surface area contributed by atoms with Gasteiger partial charge in [-0.15, -0.1) is 0 Å². The molecule has 0 aromatic carbocycles. The minimum atomic E-state index is -0.762.